The van der Waals surface area contributed by atoms with Crippen LogP contribution in [0.1, 0.15) is 32.5 Å². The van der Waals surface area contributed by atoms with E-state index in [0.717, 1.165) is 40.0 Å². The van der Waals surface area contributed by atoms with Gasteiger partial charge in [0.15, 0.2) is 0 Å². The van der Waals surface area contributed by atoms with Crippen molar-refractivity contribution in [1.82, 2.24) is 25.4 Å². The van der Waals surface area contributed by atoms with Gasteiger partial charge in [-0.05, 0) is 43.3 Å². The fourth-order valence-electron chi connectivity index (χ4n) is 4.71. The van der Waals surface area contributed by atoms with Crippen molar-refractivity contribution in [2.24, 2.45) is 0 Å². The Balaban J connectivity index is 1.24. The van der Waals surface area contributed by atoms with E-state index in [1.807, 2.05) is 49.4 Å². The molecular weight excluding hydrogens is 490 g/mol. The van der Waals surface area contributed by atoms with Gasteiger partial charge in [-0.15, -0.1) is 0 Å². The number of hydrogen-bond acceptors (Lipinski definition) is 8. The number of para-hydroxylation sites is 1. The average Bonchev–Trinajstić information content (AvgIpc) is 3.51. The van der Waals surface area contributed by atoms with Crippen LogP contribution < -0.4 is 14.9 Å². The number of carbonyl (C=O) groups is 1. The van der Waals surface area contributed by atoms with Crippen molar-refractivity contribution in [3.05, 3.63) is 86.1 Å². The van der Waals surface area contributed by atoms with Crippen LogP contribution in [0.25, 0.3) is 10.9 Å². The molecule has 0 aliphatic carbocycles. The van der Waals surface area contributed by atoms with E-state index in [1.54, 1.807) is 19.2 Å². The summed E-state index contributed by atoms with van der Waals surface area (Å²) in [6, 6.07) is 17.0. The van der Waals surface area contributed by atoms with Crippen LogP contribution in [-0.4, -0.2) is 65.4 Å². The highest BCUT2D eigenvalue weighted by Crippen LogP contribution is 2.28. The first-order valence-electron chi connectivity index (χ1n) is 12.2. The molecular formula is C27H29N5O4S. The number of amides is 1. The van der Waals surface area contributed by atoms with Gasteiger partial charge < -0.3 is 14.8 Å². The van der Waals surface area contributed by atoms with Crippen molar-refractivity contribution < 1.29 is 14.3 Å². The molecule has 9 nitrogen and oxygen atoms in total. The maximum atomic E-state index is 13.1. The van der Waals surface area contributed by atoms with Crippen LogP contribution in [-0.2, 0) is 11.3 Å². The smallest absolute Gasteiger partial charge is 0.322 e. The monoisotopic (exact) mass is 519 g/mol. The summed E-state index contributed by atoms with van der Waals surface area (Å²) in [6.45, 7) is 5.08. The van der Waals surface area contributed by atoms with Crippen molar-refractivity contribution in [1.29, 1.82) is 0 Å². The molecule has 37 heavy (non-hydrogen) atoms. The summed E-state index contributed by atoms with van der Waals surface area (Å²) in [5.41, 5.74) is 3.50. The number of ether oxygens (including phenoxy) is 2. The van der Waals surface area contributed by atoms with Gasteiger partial charge in [-0.25, -0.2) is 5.10 Å². The Labute approximate surface area is 218 Å². The van der Waals surface area contributed by atoms with Crippen molar-refractivity contribution in [2.45, 2.75) is 25.5 Å². The van der Waals surface area contributed by atoms with Crippen LogP contribution in [0.5, 0.6) is 5.75 Å². The molecule has 2 atom stereocenters. The van der Waals surface area contributed by atoms with Gasteiger partial charge in [0.05, 0.1) is 18.2 Å². The summed E-state index contributed by atoms with van der Waals surface area (Å²) < 4.78 is 11.2. The quantitative estimate of drug-likeness (QED) is 0.350. The third-order valence-corrected chi connectivity index (χ3v) is 7.42. The van der Waals surface area contributed by atoms with Crippen LogP contribution in [0.2, 0.25) is 0 Å². The van der Waals surface area contributed by atoms with Crippen molar-refractivity contribution >= 4 is 28.1 Å². The van der Waals surface area contributed by atoms with E-state index in [4.69, 9.17) is 9.47 Å². The standard InChI is InChI=1S/C27H29N5O4S/c1-17-13-19(21-5-3-4-6-23(21)28-17)16-36-20-9-7-18(8-10-20)25(33)29-24-15-32(11-12-35-2)14-22(24)26-30-31-27(34)37-26/h3-10,13,22,24H,11-12,14-16H2,1-2H3,(H,29,33)(H,31,34)/t22-,24+/m0/s1. The summed E-state index contributed by atoms with van der Waals surface area (Å²) in [5.74, 6) is 0.445. The third-order valence-electron chi connectivity index (χ3n) is 6.54. The molecule has 1 aliphatic heterocycles. The molecule has 1 saturated heterocycles. The Kier molecular flexibility index (Phi) is 7.59. The number of nitrogens with zero attached hydrogens (tertiary/aromatic N) is 3. The maximum Gasteiger partial charge on any atom is 0.322 e. The summed E-state index contributed by atoms with van der Waals surface area (Å²) in [4.78, 5) is 31.4. The molecule has 5 rings (SSSR count). The minimum Gasteiger partial charge on any atom is -0.489 e. The first-order chi connectivity index (χ1) is 18.0. The van der Waals surface area contributed by atoms with Crippen LogP contribution in [0.4, 0.5) is 0 Å². The van der Waals surface area contributed by atoms with Gasteiger partial charge in [0.2, 0.25) is 0 Å². The fourth-order valence-corrected chi connectivity index (χ4v) is 5.48. The number of benzene rings is 2. The average molecular weight is 520 g/mol. The van der Waals surface area contributed by atoms with Gasteiger partial charge in [0.1, 0.15) is 17.4 Å². The number of pyridine rings is 1. The van der Waals surface area contributed by atoms with Crippen LogP contribution >= 0.6 is 11.3 Å². The second kappa shape index (κ2) is 11.2. The number of likely N-dealkylation sites (tertiary alicyclic amines) is 1. The van der Waals surface area contributed by atoms with Gasteiger partial charge in [-0.2, -0.15) is 5.10 Å². The van der Waals surface area contributed by atoms with E-state index in [0.29, 0.717) is 42.6 Å². The van der Waals surface area contributed by atoms with Crippen molar-refractivity contribution in [3.8, 4) is 5.75 Å². The normalized spacial score (nSPS) is 17.8. The van der Waals surface area contributed by atoms with Gasteiger partial charge >= 0.3 is 4.87 Å². The number of hydrogen-bond donors (Lipinski definition) is 2. The second-order valence-corrected chi connectivity index (χ2v) is 10.1. The fraction of sp³-hybridized carbons (Fsp3) is 0.333. The predicted octanol–water partition coefficient (Wildman–Crippen LogP) is 3.11. The van der Waals surface area contributed by atoms with Gasteiger partial charge in [0.25, 0.3) is 5.91 Å². The zero-order valence-electron chi connectivity index (χ0n) is 20.8. The van der Waals surface area contributed by atoms with Crippen LogP contribution in [0.3, 0.4) is 0 Å². The number of methoxy groups -OCH3 is 1. The molecule has 0 spiro atoms. The highest BCUT2D eigenvalue weighted by Gasteiger charge is 2.36. The first-order valence-corrected chi connectivity index (χ1v) is 13.0. The van der Waals surface area contributed by atoms with E-state index in [2.05, 4.69) is 25.4 Å². The molecule has 2 aromatic carbocycles. The number of carbonyl (C=O) groups excluding carboxylic acids is 1. The summed E-state index contributed by atoms with van der Waals surface area (Å²) in [5, 5.41) is 11.6. The lowest BCUT2D eigenvalue weighted by molar-refractivity contribution is 0.0934. The molecule has 4 aromatic rings. The van der Waals surface area contributed by atoms with Crippen molar-refractivity contribution in [2.75, 3.05) is 33.4 Å². The summed E-state index contributed by atoms with van der Waals surface area (Å²) in [7, 11) is 1.67. The number of aromatic nitrogens is 3. The predicted molar refractivity (Wildman–Crippen MR) is 142 cm³/mol. The summed E-state index contributed by atoms with van der Waals surface area (Å²) >= 11 is 1.09. The zero-order chi connectivity index (χ0) is 25.8. The Morgan fingerprint density at radius 2 is 2.00 bits per heavy atom. The van der Waals surface area contributed by atoms with Gasteiger partial charge in [-0.1, -0.05) is 29.5 Å². The molecule has 192 valence electrons. The molecule has 1 amide bonds. The highest BCUT2D eigenvalue weighted by molar-refractivity contribution is 7.08. The largest absolute Gasteiger partial charge is 0.489 e. The molecule has 0 unspecified atom stereocenters. The third kappa shape index (κ3) is 5.87. The van der Waals surface area contributed by atoms with E-state index < -0.39 is 0 Å². The number of H-pyrrole nitrogens is 1. The lowest BCUT2D eigenvalue weighted by Gasteiger charge is -2.18. The van der Waals surface area contributed by atoms with Crippen molar-refractivity contribution in [3.63, 3.8) is 0 Å². The Morgan fingerprint density at radius 3 is 2.76 bits per heavy atom. The Morgan fingerprint density at radius 1 is 1.19 bits per heavy atom. The van der Waals surface area contributed by atoms with E-state index in [1.165, 1.54) is 0 Å². The lowest BCUT2D eigenvalue weighted by Crippen LogP contribution is -2.40. The molecule has 3 heterocycles. The van der Waals surface area contributed by atoms with E-state index in [-0.39, 0.29) is 22.7 Å². The molecule has 1 fully saturated rings. The number of nitrogens with one attached hydrogen (secondary N) is 2. The first kappa shape index (κ1) is 25.1. The number of fused-ring (bicyclic) bond motifs is 1. The maximum absolute atomic E-state index is 13.1. The molecule has 2 aromatic heterocycles. The van der Waals surface area contributed by atoms with Gasteiger partial charge in [0, 0.05) is 54.9 Å². The van der Waals surface area contributed by atoms with Gasteiger partial charge in [-0.3, -0.25) is 19.5 Å². The molecule has 2 N–H and O–H groups in total. The van der Waals surface area contributed by atoms with E-state index >= 15 is 0 Å². The Hall–Kier alpha value is -3.60. The molecule has 0 bridgehead atoms. The molecule has 0 radical (unpaired) electrons. The summed E-state index contributed by atoms with van der Waals surface area (Å²) in [6.07, 6.45) is 0. The van der Waals surface area contributed by atoms with E-state index in [9.17, 15) is 9.59 Å². The SMILES string of the molecule is COCCN1C[C@H](c2n[nH]c(=O)s2)[C@H](NC(=O)c2ccc(OCc3cc(C)nc4ccccc34)cc2)C1. The molecule has 0 saturated carbocycles. The second-order valence-electron chi connectivity index (χ2n) is 9.14. The minimum atomic E-state index is -0.194. The number of aromatic amines is 1. The highest BCUT2D eigenvalue weighted by atomic mass is 32.1. The van der Waals surface area contributed by atoms with Crippen LogP contribution in [0, 0.1) is 6.92 Å². The lowest BCUT2D eigenvalue weighted by atomic mass is 10.0. The zero-order valence-corrected chi connectivity index (χ0v) is 21.6. The number of rotatable bonds is 9. The number of aryl methyl sites for hydroxylation is 1. The molecule has 1 aliphatic rings. The minimum absolute atomic E-state index is 0.0639. The van der Waals surface area contributed by atoms with Crippen LogP contribution in [0.15, 0.2) is 59.4 Å². The molecule has 10 heteroatoms. The Bertz CT molecular complexity index is 1430. The topological polar surface area (TPSA) is 109 Å².